The SMILES string of the molecule is CCCOc1ccc(C(N)CN2C(=O)CCC2=O)cc1. The standard InChI is InChI=1S/C15H20N2O3/c1-2-9-20-12-5-3-11(4-6-12)13(16)10-17-14(18)7-8-15(17)19/h3-6,13H,2,7-10,16H2,1H3. The van der Waals surface area contributed by atoms with Crippen molar-refractivity contribution in [2.75, 3.05) is 13.2 Å². The van der Waals surface area contributed by atoms with Crippen LogP contribution in [0.5, 0.6) is 5.75 Å². The maximum atomic E-state index is 11.6. The van der Waals surface area contributed by atoms with Crippen molar-refractivity contribution in [3.05, 3.63) is 29.8 Å². The van der Waals surface area contributed by atoms with Crippen molar-refractivity contribution in [1.82, 2.24) is 4.90 Å². The lowest BCUT2D eigenvalue weighted by atomic mass is 10.1. The number of benzene rings is 1. The van der Waals surface area contributed by atoms with Gasteiger partial charge in [0.2, 0.25) is 11.8 Å². The van der Waals surface area contributed by atoms with Crippen LogP contribution in [0.1, 0.15) is 37.8 Å². The highest BCUT2D eigenvalue weighted by atomic mass is 16.5. The first-order valence-corrected chi connectivity index (χ1v) is 6.93. The van der Waals surface area contributed by atoms with Gasteiger partial charge >= 0.3 is 0 Å². The molecule has 0 aliphatic carbocycles. The zero-order valence-corrected chi connectivity index (χ0v) is 11.7. The van der Waals surface area contributed by atoms with Crippen LogP contribution in [0.25, 0.3) is 0 Å². The Morgan fingerprint density at radius 1 is 1.20 bits per heavy atom. The van der Waals surface area contributed by atoms with E-state index in [1.54, 1.807) is 0 Å². The van der Waals surface area contributed by atoms with Crippen molar-refractivity contribution >= 4 is 11.8 Å². The summed E-state index contributed by atoms with van der Waals surface area (Å²) in [6.45, 7) is 2.98. The summed E-state index contributed by atoms with van der Waals surface area (Å²) in [5, 5.41) is 0. The van der Waals surface area contributed by atoms with Crippen molar-refractivity contribution in [3.63, 3.8) is 0 Å². The molecule has 0 bridgehead atoms. The van der Waals surface area contributed by atoms with Gasteiger partial charge in [-0.2, -0.15) is 0 Å². The fraction of sp³-hybridized carbons (Fsp3) is 0.467. The topological polar surface area (TPSA) is 72.6 Å². The molecule has 0 saturated carbocycles. The summed E-state index contributed by atoms with van der Waals surface area (Å²) in [5.41, 5.74) is 6.95. The Labute approximate surface area is 118 Å². The largest absolute Gasteiger partial charge is 0.494 e. The molecular formula is C15H20N2O3. The van der Waals surface area contributed by atoms with Gasteiger partial charge in [-0.3, -0.25) is 14.5 Å². The van der Waals surface area contributed by atoms with E-state index in [0.29, 0.717) is 19.4 Å². The zero-order chi connectivity index (χ0) is 14.5. The first kappa shape index (κ1) is 14.5. The number of hydrogen-bond acceptors (Lipinski definition) is 4. The van der Waals surface area contributed by atoms with Crippen LogP contribution in [0.2, 0.25) is 0 Å². The Kier molecular flexibility index (Phi) is 4.74. The molecule has 0 spiro atoms. The lowest BCUT2D eigenvalue weighted by Crippen LogP contribution is -2.36. The van der Waals surface area contributed by atoms with Gasteiger partial charge in [-0.1, -0.05) is 19.1 Å². The lowest BCUT2D eigenvalue weighted by Gasteiger charge is -2.19. The highest BCUT2D eigenvalue weighted by Crippen LogP contribution is 2.20. The van der Waals surface area contributed by atoms with Gasteiger partial charge in [0.05, 0.1) is 6.61 Å². The minimum absolute atomic E-state index is 0.131. The predicted octanol–water partition coefficient (Wildman–Crippen LogP) is 1.62. The second-order valence-electron chi connectivity index (χ2n) is 4.92. The molecule has 0 radical (unpaired) electrons. The van der Waals surface area contributed by atoms with E-state index in [1.165, 1.54) is 4.90 Å². The molecule has 2 amide bonds. The summed E-state index contributed by atoms with van der Waals surface area (Å²) in [6.07, 6.45) is 1.56. The second-order valence-corrected chi connectivity index (χ2v) is 4.92. The monoisotopic (exact) mass is 276 g/mol. The number of likely N-dealkylation sites (tertiary alicyclic amines) is 1. The molecule has 1 unspecified atom stereocenters. The maximum absolute atomic E-state index is 11.6. The minimum Gasteiger partial charge on any atom is -0.494 e. The van der Waals surface area contributed by atoms with E-state index in [9.17, 15) is 9.59 Å². The second kappa shape index (κ2) is 6.52. The van der Waals surface area contributed by atoms with E-state index in [2.05, 4.69) is 0 Å². The summed E-state index contributed by atoms with van der Waals surface area (Å²) in [6, 6.07) is 7.11. The van der Waals surface area contributed by atoms with Gasteiger partial charge in [-0.15, -0.1) is 0 Å². The van der Waals surface area contributed by atoms with E-state index < -0.39 is 0 Å². The van der Waals surface area contributed by atoms with Crippen LogP contribution >= 0.6 is 0 Å². The summed E-state index contributed by atoms with van der Waals surface area (Å²) in [4.78, 5) is 24.4. The first-order valence-electron chi connectivity index (χ1n) is 6.93. The molecule has 1 fully saturated rings. The van der Waals surface area contributed by atoms with E-state index >= 15 is 0 Å². The van der Waals surface area contributed by atoms with E-state index in [0.717, 1.165) is 17.7 Å². The number of nitrogens with zero attached hydrogens (tertiary/aromatic N) is 1. The third-order valence-corrected chi connectivity index (χ3v) is 3.32. The van der Waals surface area contributed by atoms with Crippen molar-refractivity contribution in [1.29, 1.82) is 0 Å². The van der Waals surface area contributed by atoms with Crippen LogP contribution in [-0.4, -0.2) is 29.9 Å². The van der Waals surface area contributed by atoms with E-state index in [-0.39, 0.29) is 24.4 Å². The number of imide groups is 1. The Hall–Kier alpha value is -1.88. The number of hydrogen-bond donors (Lipinski definition) is 1. The van der Waals surface area contributed by atoms with Gasteiger partial charge in [0.25, 0.3) is 0 Å². The third-order valence-electron chi connectivity index (χ3n) is 3.32. The van der Waals surface area contributed by atoms with Crippen LogP contribution in [0.3, 0.4) is 0 Å². The molecule has 2 rings (SSSR count). The van der Waals surface area contributed by atoms with Crippen molar-refractivity contribution in [2.45, 2.75) is 32.2 Å². The number of amides is 2. The van der Waals surface area contributed by atoms with Crippen LogP contribution in [0.4, 0.5) is 0 Å². The molecule has 2 N–H and O–H groups in total. The Morgan fingerprint density at radius 2 is 1.80 bits per heavy atom. The number of nitrogens with two attached hydrogens (primary N) is 1. The van der Waals surface area contributed by atoms with E-state index in [4.69, 9.17) is 10.5 Å². The lowest BCUT2D eigenvalue weighted by molar-refractivity contribution is -0.138. The van der Waals surface area contributed by atoms with Crippen LogP contribution < -0.4 is 10.5 Å². The Balaban J connectivity index is 1.96. The van der Waals surface area contributed by atoms with Crippen molar-refractivity contribution in [2.24, 2.45) is 5.73 Å². The summed E-state index contributed by atoms with van der Waals surface area (Å²) in [5.74, 6) is 0.540. The molecule has 1 aliphatic heterocycles. The molecule has 1 aromatic carbocycles. The molecule has 0 aromatic heterocycles. The Bertz CT molecular complexity index is 468. The predicted molar refractivity (Wildman–Crippen MR) is 75.1 cm³/mol. The summed E-state index contributed by atoms with van der Waals surface area (Å²) in [7, 11) is 0. The van der Waals surface area contributed by atoms with Crippen LogP contribution in [-0.2, 0) is 9.59 Å². The highest BCUT2D eigenvalue weighted by Gasteiger charge is 2.30. The fourth-order valence-corrected chi connectivity index (χ4v) is 2.16. The molecule has 1 heterocycles. The Morgan fingerprint density at radius 3 is 2.35 bits per heavy atom. The summed E-state index contributed by atoms with van der Waals surface area (Å²) >= 11 is 0. The van der Waals surface area contributed by atoms with Gasteiger partial charge in [-0.25, -0.2) is 0 Å². The average Bonchev–Trinajstić information content (AvgIpc) is 2.77. The normalized spacial score (nSPS) is 16.6. The van der Waals surface area contributed by atoms with Gasteiger partial charge < -0.3 is 10.5 Å². The fourth-order valence-electron chi connectivity index (χ4n) is 2.16. The maximum Gasteiger partial charge on any atom is 0.229 e. The molecule has 1 atom stereocenters. The smallest absolute Gasteiger partial charge is 0.229 e. The number of carbonyl (C=O) groups excluding carboxylic acids is 2. The average molecular weight is 276 g/mol. The number of carbonyl (C=O) groups is 2. The van der Waals surface area contributed by atoms with E-state index in [1.807, 2.05) is 31.2 Å². The zero-order valence-electron chi connectivity index (χ0n) is 11.7. The molecule has 1 aromatic rings. The van der Waals surface area contributed by atoms with Gasteiger partial charge in [0.1, 0.15) is 5.75 Å². The number of rotatable bonds is 6. The van der Waals surface area contributed by atoms with Crippen molar-refractivity contribution in [3.8, 4) is 5.75 Å². The molecule has 20 heavy (non-hydrogen) atoms. The first-order chi connectivity index (χ1) is 9.61. The summed E-state index contributed by atoms with van der Waals surface area (Å²) < 4.78 is 5.50. The quantitative estimate of drug-likeness (QED) is 0.801. The van der Waals surface area contributed by atoms with Gasteiger partial charge in [0, 0.05) is 25.4 Å². The van der Waals surface area contributed by atoms with Crippen molar-refractivity contribution < 1.29 is 14.3 Å². The molecule has 108 valence electrons. The van der Waals surface area contributed by atoms with Crippen LogP contribution in [0, 0.1) is 0 Å². The van der Waals surface area contributed by atoms with Crippen LogP contribution in [0.15, 0.2) is 24.3 Å². The third kappa shape index (κ3) is 3.36. The molecule has 5 nitrogen and oxygen atoms in total. The molecule has 5 heteroatoms. The minimum atomic E-state index is -0.360. The van der Waals surface area contributed by atoms with Gasteiger partial charge in [0.15, 0.2) is 0 Å². The van der Waals surface area contributed by atoms with Gasteiger partial charge in [-0.05, 0) is 24.1 Å². The highest BCUT2D eigenvalue weighted by molar-refractivity contribution is 6.01. The molecule has 1 aliphatic rings. The number of ether oxygens (including phenoxy) is 1. The molecular weight excluding hydrogens is 256 g/mol. The molecule has 1 saturated heterocycles.